The van der Waals surface area contributed by atoms with E-state index in [2.05, 4.69) is 31.2 Å². The number of hydrazine groups is 1. The summed E-state index contributed by atoms with van der Waals surface area (Å²) in [6.07, 6.45) is 1.57. The van der Waals surface area contributed by atoms with E-state index in [1.807, 2.05) is 0 Å². The first-order chi connectivity index (χ1) is 6.86. The normalized spacial score (nSPS) is 14.0. The van der Waals surface area contributed by atoms with E-state index in [4.69, 9.17) is 29.0 Å². The van der Waals surface area contributed by atoms with Gasteiger partial charge in [0.25, 0.3) is 0 Å². The average Bonchev–Trinajstić information content (AvgIpc) is 2.07. The molecule has 3 N–H and O–H groups in total. The average molecular weight is 248 g/mol. The maximum atomic E-state index is 6.07. The molecule has 15 heavy (non-hydrogen) atoms. The monoisotopic (exact) mass is 247 g/mol. The van der Waals surface area contributed by atoms with Gasteiger partial charge in [-0.15, -0.1) is 0 Å². The topological polar surface area (TPSA) is 50.9 Å². The van der Waals surface area contributed by atoms with Crippen LogP contribution in [0.25, 0.3) is 0 Å². The Kier molecular flexibility index (Phi) is 3.95. The number of halogens is 2. The van der Waals surface area contributed by atoms with E-state index in [1.54, 1.807) is 12.3 Å². The molecule has 0 saturated carbocycles. The third-order valence-electron chi connectivity index (χ3n) is 2.14. The Balaban J connectivity index is 3.13. The third-order valence-corrected chi connectivity index (χ3v) is 2.65. The standard InChI is InChI=1S/C10H15Cl2N3/c1-10(2,3)9(15-13)8-7(12)4-6(11)5-14-8/h4-5,9,15H,13H2,1-3H3. The minimum Gasteiger partial charge on any atom is -0.271 e. The fraction of sp³-hybridized carbons (Fsp3) is 0.500. The Morgan fingerprint density at radius 3 is 2.40 bits per heavy atom. The number of nitrogens with zero attached hydrogens (tertiary/aromatic N) is 1. The highest BCUT2D eigenvalue weighted by Crippen LogP contribution is 2.35. The summed E-state index contributed by atoms with van der Waals surface area (Å²) < 4.78 is 0. The lowest BCUT2D eigenvalue weighted by Gasteiger charge is -2.30. The molecule has 0 radical (unpaired) electrons. The predicted octanol–water partition coefficient (Wildman–Crippen LogP) is 2.94. The van der Waals surface area contributed by atoms with E-state index in [0.717, 1.165) is 5.69 Å². The summed E-state index contributed by atoms with van der Waals surface area (Å²) in [7, 11) is 0. The maximum Gasteiger partial charge on any atom is 0.0778 e. The third kappa shape index (κ3) is 3.05. The fourth-order valence-corrected chi connectivity index (χ4v) is 1.87. The van der Waals surface area contributed by atoms with E-state index in [0.29, 0.717) is 10.0 Å². The highest BCUT2D eigenvalue weighted by molar-refractivity contribution is 6.34. The molecule has 1 aromatic heterocycles. The van der Waals surface area contributed by atoms with Crippen molar-refractivity contribution in [3.05, 3.63) is 28.0 Å². The second kappa shape index (κ2) is 4.66. The van der Waals surface area contributed by atoms with E-state index in [-0.39, 0.29) is 11.5 Å². The molecule has 0 aliphatic rings. The molecule has 0 saturated heterocycles. The van der Waals surface area contributed by atoms with Gasteiger partial charge >= 0.3 is 0 Å². The van der Waals surface area contributed by atoms with Crippen LogP contribution < -0.4 is 11.3 Å². The molecule has 0 aromatic carbocycles. The first-order valence-corrected chi connectivity index (χ1v) is 5.39. The van der Waals surface area contributed by atoms with Gasteiger partial charge < -0.3 is 0 Å². The summed E-state index contributed by atoms with van der Waals surface area (Å²) >= 11 is 11.8. The number of pyridine rings is 1. The van der Waals surface area contributed by atoms with Crippen molar-refractivity contribution in [1.29, 1.82) is 0 Å². The molecule has 0 aliphatic heterocycles. The van der Waals surface area contributed by atoms with Crippen molar-refractivity contribution in [2.75, 3.05) is 0 Å². The summed E-state index contributed by atoms with van der Waals surface area (Å²) in [5.74, 6) is 5.52. The van der Waals surface area contributed by atoms with Crippen LogP contribution in [0.15, 0.2) is 12.3 Å². The Morgan fingerprint density at radius 2 is 2.00 bits per heavy atom. The zero-order valence-corrected chi connectivity index (χ0v) is 10.5. The van der Waals surface area contributed by atoms with Crippen molar-refractivity contribution >= 4 is 23.2 Å². The van der Waals surface area contributed by atoms with Crippen LogP contribution in [-0.2, 0) is 0 Å². The summed E-state index contributed by atoms with van der Waals surface area (Å²) in [6, 6.07) is 1.56. The van der Waals surface area contributed by atoms with Crippen LogP contribution in [-0.4, -0.2) is 4.98 Å². The van der Waals surface area contributed by atoms with Crippen molar-refractivity contribution < 1.29 is 0 Å². The summed E-state index contributed by atoms with van der Waals surface area (Å²) in [4.78, 5) is 4.21. The first-order valence-electron chi connectivity index (χ1n) is 4.63. The van der Waals surface area contributed by atoms with Crippen LogP contribution in [0.3, 0.4) is 0 Å². The molecule has 0 bridgehead atoms. The number of hydrogen-bond donors (Lipinski definition) is 2. The van der Waals surface area contributed by atoms with Crippen LogP contribution in [0, 0.1) is 5.41 Å². The van der Waals surface area contributed by atoms with Crippen molar-refractivity contribution in [2.45, 2.75) is 26.8 Å². The predicted molar refractivity (Wildman–Crippen MR) is 63.8 cm³/mol. The minimum atomic E-state index is -0.109. The van der Waals surface area contributed by atoms with Gasteiger partial charge in [-0.3, -0.25) is 16.3 Å². The number of rotatable bonds is 2. The van der Waals surface area contributed by atoms with E-state index in [9.17, 15) is 0 Å². The van der Waals surface area contributed by atoms with Gasteiger partial charge in [-0.2, -0.15) is 0 Å². The zero-order valence-electron chi connectivity index (χ0n) is 9.01. The highest BCUT2D eigenvalue weighted by Gasteiger charge is 2.28. The lowest BCUT2D eigenvalue weighted by atomic mass is 9.85. The maximum absolute atomic E-state index is 6.07. The molecule has 84 valence electrons. The number of nitrogens with two attached hydrogens (primary N) is 1. The molecule has 1 atom stereocenters. The Hall–Kier alpha value is -0.350. The molecule has 3 nitrogen and oxygen atoms in total. The molecule has 0 amide bonds. The molecule has 0 spiro atoms. The van der Waals surface area contributed by atoms with Crippen molar-refractivity contribution in [3.8, 4) is 0 Å². The summed E-state index contributed by atoms with van der Waals surface area (Å²) in [5, 5.41) is 1.05. The largest absolute Gasteiger partial charge is 0.271 e. The molecule has 1 aromatic rings. The smallest absolute Gasteiger partial charge is 0.0778 e. The summed E-state index contributed by atoms with van der Waals surface area (Å²) in [6.45, 7) is 6.18. The van der Waals surface area contributed by atoms with Crippen molar-refractivity contribution in [2.24, 2.45) is 11.3 Å². The molecule has 1 unspecified atom stereocenters. The molecule has 0 aliphatic carbocycles. The quantitative estimate of drug-likeness (QED) is 0.625. The van der Waals surface area contributed by atoms with Gasteiger partial charge in [0.05, 0.1) is 21.8 Å². The Morgan fingerprint density at radius 1 is 1.40 bits per heavy atom. The SMILES string of the molecule is CC(C)(C)C(NN)c1ncc(Cl)cc1Cl. The number of hydrogen-bond acceptors (Lipinski definition) is 3. The minimum absolute atomic E-state index is 0.0702. The van der Waals surface area contributed by atoms with Gasteiger partial charge in [0, 0.05) is 6.20 Å². The lowest BCUT2D eigenvalue weighted by Crippen LogP contribution is -2.37. The van der Waals surface area contributed by atoms with Crippen LogP contribution >= 0.6 is 23.2 Å². The molecule has 1 heterocycles. The summed E-state index contributed by atoms with van der Waals surface area (Å²) in [5.41, 5.74) is 3.38. The van der Waals surface area contributed by atoms with Gasteiger partial charge in [-0.25, -0.2) is 0 Å². The van der Waals surface area contributed by atoms with E-state index >= 15 is 0 Å². The first kappa shape index (κ1) is 12.7. The molecular formula is C10H15Cl2N3. The van der Waals surface area contributed by atoms with E-state index < -0.39 is 0 Å². The van der Waals surface area contributed by atoms with Crippen molar-refractivity contribution in [3.63, 3.8) is 0 Å². The second-order valence-electron chi connectivity index (χ2n) is 4.49. The highest BCUT2D eigenvalue weighted by atomic mass is 35.5. The van der Waals surface area contributed by atoms with E-state index in [1.165, 1.54) is 0 Å². The van der Waals surface area contributed by atoms with Gasteiger partial charge in [0.1, 0.15) is 0 Å². The Bertz CT molecular complexity index is 347. The van der Waals surface area contributed by atoms with Gasteiger partial charge in [-0.05, 0) is 11.5 Å². The van der Waals surface area contributed by atoms with Crippen LogP contribution in [0.5, 0.6) is 0 Å². The zero-order chi connectivity index (χ0) is 11.6. The Labute approximate surface area is 99.9 Å². The molecule has 0 fully saturated rings. The van der Waals surface area contributed by atoms with Gasteiger partial charge in [-0.1, -0.05) is 44.0 Å². The van der Waals surface area contributed by atoms with Crippen LogP contribution in [0.1, 0.15) is 32.5 Å². The molecule has 5 heteroatoms. The van der Waals surface area contributed by atoms with Gasteiger partial charge in [0.15, 0.2) is 0 Å². The fourth-order valence-electron chi connectivity index (χ4n) is 1.38. The van der Waals surface area contributed by atoms with Crippen LogP contribution in [0.2, 0.25) is 10.0 Å². The lowest BCUT2D eigenvalue weighted by molar-refractivity contribution is 0.270. The van der Waals surface area contributed by atoms with Gasteiger partial charge in [0.2, 0.25) is 0 Å². The molecule has 1 rings (SSSR count). The number of aromatic nitrogens is 1. The van der Waals surface area contributed by atoms with Crippen molar-refractivity contribution in [1.82, 2.24) is 10.4 Å². The number of nitrogens with one attached hydrogen (secondary N) is 1. The second-order valence-corrected chi connectivity index (χ2v) is 5.33. The van der Waals surface area contributed by atoms with Crippen LogP contribution in [0.4, 0.5) is 0 Å². The molecular weight excluding hydrogens is 233 g/mol.